The lowest BCUT2D eigenvalue weighted by Gasteiger charge is -2.29. The van der Waals surface area contributed by atoms with Gasteiger partial charge in [0.05, 0.1) is 39.9 Å². The number of nitrogens with one attached hydrogen (secondary N) is 1. The van der Waals surface area contributed by atoms with E-state index in [0.717, 1.165) is 38.5 Å². The molecule has 3 unspecified atom stereocenters. The van der Waals surface area contributed by atoms with E-state index in [4.69, 9.17) is 9.05 Å². The lowest BCUT2D eigenvalue weighted by atomic mass is 10.0. The number of rotatable bonds is 40. The number of aliphatic hydroxyl groups excluding tert-OH is 1. The largest absolute Gasteiger partial charge is 0.756 e. The van der Waals surface area contributed by atoms with Gasteiger partial charge in [0.15, 0.2) is 0 Å². The second-order valence-electron chi connectivity index (χ2n) is 16.4. The second kappa shape index (κ2) is 37.3. The number of phosphoric ester groups is 1. The molecule has 0 heterocycles. The average molecular weight is 783 g/mol. The Bertz CT molecular complexity index is 980. The van der Waals surface area contributed by atoms with Gasteiger partial charge in [-0.3, -0.25) is 9.36 Å². The summed E-state index contributed by atoms with van der Waals surface area (Å²) in [6.45, 7) is 4.56. The zero-order valence-electron chi connectivity index (χ0n) is 35.9. The second-order valence-corrected chi connectivity index (χ2v) is 17.8. The van der Waals surface area contributed by atoms with Crippen LogP contribution in [0.25, 0.3) is 0 Å². The van der Waals surface area contributed by atoms with Crippen molar-refractivity contribution in [3.63, 3.8) is 0 Å². The fourth-order valence-electron chi connectivity index (χ4n) is 6.22. The van der Waals surface area contributed by atoms with Crippen LogP contribution in [0.3, 0.4) is 0 Å². The van der Waals surface area contributed by atoms with Crippen LogP contribution in [-0.2, 0) is 18.4 Å². The maximum atomic E-state index is 12.8. The third-order valence-corrected chi connectivity index (χ3v) is 10.8. The van der Waals surface area contributed by atoms with Gasteiger partial charge < -0.3 is 28.8 Å². The van der Waals surface area contributed by atoms with Gasteiger partial charge in [-0.15, -0.1) is 0 Å². The molecule has 0 aliphatic rings. The summed E-state index contributed by atoms with van der Waals surface area (Å²) in [5.74, 6) is -0.215. The molecule has 1 amide bonds. The van der Waals surface area contributed by atoms with Gasteiger partial charge >= 0.3 is 0 Å². The van der Waals surface area contributed by atoms with Crippen molar-refractivity contribution in [1.82, 2.24) is 5.32 Å². The van der Waals surface area contributed by atoms with Gasteiger partial charge in [-0.2, -0.15) is 0 Å². The lowest BCUT2D eigenvalue weighted by Crippen LogP contribution is -2.45. The first-order valence-corrected chi connectivity index (χ1v) is 23.8. The highest BCUT2D eigenvalue weighted by Gasteiger charge is 2.23. The van der Waals surface area contributed by atoms with Crippen molar-refractivity contribution >= 4 is 13.7 Å². The Morgan fingerprint density at radius 2 is 1.04 bits per heavy atom. The topological polar surface area (TPSA) is 108 Å². The lowest BCUT2D eigenvalue weighted by molar-refractivity contribution is -0.870. The molecular weight excluding hydrogens is 695 g/mol. The Balaban J connectivity index is 4.23. The van der Waals surface area contributed by atoms with Crippen molar-refractivity contribution in [1.29, 1.82) is 0 Å². The number of phosphoric acid groups is 1. The fraction of sp³-hybridized carbons (Fsp3) is 0.844. The summed E-state index contributed by atoms with van der Waals surface area (Å²) in [7, 11) is 1.24. The zero-order chi connectivity index (χ0) is 40.0. The van der Waals surface area contributed by atoms with E-state index < -0.39 is 26.6 Å². The standard InChI is InChI=1S/C45H87N2O6P/c1-6-8-10-12-14-16-17-18-19-20-21-22-23-24-25-26-27-28-29-31-33-35-37-39-45(49)46-43(42-53-54(50,51)52-41-40-47(3,4)5)44(48)38-36-34-32-30-15-13-11-9-7-2/h15,24-25,30,36,38,43-44,48H,6-14,16-23,26-29,31-35,37,39-42H2,1-5H3,(H-,46,49,50,51)/b25-24-,30-15+,38-36+. The third kappa shape index (κ3) is 39.0. The Hall–Kier alpha value is -1.28. The molecule has 0 aliphatic carbocycles. The van der Waals surface area contributed by atoms with Gasteiger partial charge in [0.2, 0.25) is 5.91 Å². The van der Waals surface area contributed by atoms with Gasteiger partial charge in [0, 0.05) is 6.42 Å². The van der Waals surface area contributed by atoms with Gasteiger partial charge in [-0.25, -0.2) is 0 Å². The molecule has 8 nitrogen and oxygen atoms in total. The van der Waals surface area contributed by atoms with Crippen molar-refractivity contribution in [2.75, 3.05) is 40.9 Å². The molecule has 318 valence electrons. The van der Waals surface area contributed by atoms with E-state index in [2.05, 4.69) is 43.5 Å². The highest BCUT2D eigenvalue weighted by atomic mass is 31.2. The molecule has 0 fully saturated rings. The van der Waals surface area contributed by atoms with Crippen molar-refractivity contribution in [2.45, 2.75) is 206 Å². The number of unbranched alkanes of at least 4 members (excludes halogenated alkanes) is 23. The van der Waals surface area contributed by atoms with Crippen LogP contribution >= 0.6 is 7.82 Å². The number of quaternary nitrogens is 1. The minimum Gasteiger partial charge on any atom is -0.756 e. The van der Waals surface area contributed by atoms with E-state index in [9.17, 15) is 19.4 Å². The molecule has 0 bridgehead atoms. The molecule has 0 radical (unpaired) electrons. The molecule has 2 N–H and O–H groups in total. The monoisotopic (exact) mass is 783 g/mol. The molecule has 0 aromatic heterocycles. The molecule has 9 heteroatoms. The summed E-state index contributed by atoms with van der Waals surface area (Å²) in [5.41, 5.74) is 0. The van der Waals surface area contributed by atoms with E-state index in [1.54, 1.807) is 6.08 Å². The highest BCUT2D eigenvalue weighted by Crippen LogP contribution is 2.38. The number of aliphatic hydroxyl groups is 1. The van der Waals surface area contributed by atoms with Crippen LogP contribution in [-0.4, -0.2) is 68.5 Å². The molecule has 0 rings (SSSR count). The van der Waals surface area contributed by atoms with Gasteiger partial charge in [-0.05, 0) is 57.8 Å². The Kier molecular flexibility index (Phi) is 36.4. The summed E-state index contributed by atoms with van der Waals surface area (Å²) < 4.78 is 23.1. The summed E-state index contributed by atoms with van der Waals surface area (Å²) in [6, 6.07) is -0.902. The van der Waals surface area contributed by atoms with Gasteiger partial charge in [-0.1, -0.05) is 166 Å². The van der Waals surface area contributed by atoms with Crippen LogP contribution in [0, 0.1) is 0 Å². The molecule has 54 heavy (non-hydrogen) atoms. The zero-order valence-corrected chi connectivity index (χ0v) is 36.8. The molecule has 0 aliphatic heterocycles. The minimum atomic E-state index is -4.59. The number of carbonyl (C=O) groups is 1. The number of likely N-dealkylation sites (N-methyl/N-ethyl adjacent to an activating group) is 1. The van der Waals surface area contributed by atoms with Crippen LogP contribution in [0.15, 0.2) is 36.5 Å². The van der Waals surface area contributed by atoms with E-state index in [-0.39, 0.29) is 12.5 Å². The molecule has 0 aromatic rings. The molecular formula is C45H87N2O6P. The van der Waals surface area contributed by atoms with Crippen molar-refractivity contribution < 1.29 is 32.9 Å². The first kappa shape index (κ1) is 52.7. The summed E-state index contributed by atoms with van der Waals surface area (Å²) in [6.07, 6.45) is 45.0. The molecule has 3 atom stereocenters. The maximum Gasteiger partial charge on any atom is 0.268 e. The Labute approximate surface area is 334 Å². The van der Waals surface area contributed by atoms with E-state index >= 15 is 0 Å². The number of carbonyl (C=O) groups excluding carboxylic acids is 1. The predicted molar refractivity (Wildman–Crippen MR) is 228 cm³/mol. The van der Waals surface area contributed by atoms with Crippen LogP contribution < -0.4 is 10.2 Å². The molecule has 0 saturated carbocycles. The molecule has 0 spiro atoms. The van der Waals surface area contributed by atoms with Crippen LogP contribution in [0.5, 0.6) is 0 Å². The smallest absolute Gasteiger partial charge is 0.268 e. The predicted octanol–water partition coefficient (Wildman–Crippen LogP) is 11.7. The first-order valence-electron chi connectivity index (χ1n) is 22.4. The van der Waals surface area contributed by atoms with Crippen LogP contribution in [0.4, 0.5) is 0 Å². The van der Waals surface area contributed by atoms with Gasteiger partial charge in [0.25, 0.3) is 7.82 Å². The minimum absolute atomic E-state index is 0.00763. The average Bonchev–Trinajstić information content (AvgIpc) is 3.12. The van der Waals surface area contributed by atoms with E-state index in [1.165, 1.54) is 135 Å². The summed E-state index contributed by atoms with van der Waals surface area (Å²) >= 11 is 0. The maximum absolute atomic E-state index is 12.8. The quantitative estimate of drug-likeness (QED) is 0.0277. The van der Waals surface area contributed by atoms with E-state index in [0.29, 0.717) is 17.4 Å². The van der Waals surface area contributed by atoms with Crippen LogP contribution in [0.1, 0.15) is 194 Å². The van der Waals surface area contributed by atoms with Crippen molar-refractivity contribution in [3.8, 4) is 0 Å². The first-order chi connectivity index (χ1) is 26.0. The Morgan fingerprint density at radius 3 is 1.54 bits per heavy atom. The normalized spacial score (nSPS) is 14.7. The Morgan fingerprint density at radius 1 is 0.630 bits per heavy atom. The summed E-state index contributed by atoms with van der Waals surface area (Å²) in [4.78, 5) is 25.2. The summed E-state index contributed by atoms with van der Waals surface area (Å²) in [5, 5.41) is 13.7. The number of hydrogen-bond donors (Lipinski definition) is 2. The third-order valence-electron chi connectivity index (χ3n) is 9.82. The molecule has 0 saturated heterocycles. The SMILES string of the molecule is CCCCC/C=C/CC/C=C/C(O)C(COP(=O)([O-])OCC[N+](C)(C)C)NC(=O)CCCCCCCCC/C=C\CCCCCCCCCCCCCC. The van der Waals surface area contributed by atoms with E-state index in [1.807, 2.05) is 27.2 Å². The van der Waals surface area contributed by atoms with Crippen molar-refractivity contribution in [2.24, 2.45) is 0 Å². The molecule has 0 aromatic carbocycles. The van der Waals surface area contributed by atoms with Crippen molar-refractivity contribution in [3.05, 3.63) is 36.5 Å². The fourth-order valence-corrected chi connectivity index (χ4v) is 6.94. The number of amides is 1. The van der Waals surface area contributed by atoms with Crippen LogP contribution in [0.2, 0.25) is 0 Å². The number of hydrogen-bond acceptors (Lipinski definition) is 6. The number of allylic oxidation sites excluding steroid dienone is 5. The van der Waals surface area contributed by atoms with Gasteiger partial charge in [0.1, 0.15) is 13.2 Å². The highest BCUT2D eigenvalue weighted by molar-refractivity contribution is 7.45. The number of nitrogens with zero attached hydrogens (tertiary/aromatic N) is 1.